The van der Waals surface area contributed by atoms with Gasteiger partial charge in [-0.3, -0.25) is 4.79 Å². The van der Waals surface area contributed by atoms with Crippen LogP contribution >= 0.6 is 0 Å². The highest BCUT2D eigenvalue weighted by atomic mass is 32.2. The molecule has 1 saturated heterocycles. The van der Waals surface area contributed by atoms with Gasteiger partial charge in [0.25, 0.3) is 5.91 Å². The maximum absolute atomic E-state index is 12.7. The van der Waals surface area contributed by atoms with E-state index in [1.165, 1.54) is 24.3 Å². The number of nitrogens with one attached hydrogen (secondary N) is 1. The second kappa shape index (κ2) is 9.39. The highest BCUT2D eigenvalue weighted by Gasteiger charge is 2.21. The average Bonchev–Trinajstić information content (AvgIpc) is 3.26. The first-order chi connectivity index (χ1) is 13.9. The van der Waals surface area contributed by atoms with Gasteiger partial charge in [0.1, 0.15) is 5.75 Å². The largest absolute Gasteiger partial charge is 0.496 e. The molecular weight excluding hydrogens is 392 g/mol. The van der Waals surface area contributed by atoms with Crippen molar-refractivity contribution < 1.29 is 22.7 Å². The molecule has 2 aromatic rings. The Balaban J connectivity index is 1.64. The van der Waals surface area contributed by atoms with Gasteiger partial charge in [-0.05, 0) is 43.2 Å². The minimum absolute atomic E-state index is 0.0748. The predicted molar refractivity (Wildman–Crippen MR) is 109 cm³/mol. The fraction of sp³-hybridized carbons (Fsp3) is 0.381. The van der Waals surface area contributed by atoms with E-state index in [9.17, 15) is 13.2 Å². The molecule has 1 amide bonds. The van der Waals surface area contributed by atoms with Gasteiger partial charge in [-0.25, -0.2) is 13.1 Å². The molecule has 2 aromatic carbocycles. The Labute approximate surface area is 171 Å². The van der Waals surface area contributed by atoms with E-state index in [1.807, 2.05) is 24.3 Å². The van der Waals surface area contributed by atoms with Crippen molar-refractivity contribution in [1.82, 2.24) is 9.62 Å². The molecule has 3 rings (SSSR count). The maximum atomic E-state index is 12.7. The first-order valence-corrected chi connectivity index (χ1v) is 11.0. The first-order valence-electron chi connectivity index (χ1n) is 9.49. The number of rotatable bonds is 8. The second-order valence-corrected chi connectivity index (χ2v) is 8.75. The number of ether oxygens (including phenoxy) is 2. The molecule has 0 aliphatic carbocycles. The summed E-state index contributed by atoms with van der Waals surface area (Å²) in [4.78, 5) is 14.4. The zero-order chi connectivity index (χ0) is 20.9. The number of benzene rings is 2. The average molecular weight is 419 g/mol. The molecule has 0 aromatic heterocycles. The van der Waals surface area contributed by atoms with Crippen molar-refractivity contribution in [2.45, 2.75) is 30.4 Å². The van der Waals surface area contributed by atoms with E-state index in [0.717, 1.165) is 18.4 Å². The first kappa shape index (κ1) is 21.3. The van der Waals surface area contributed by atoms with Gasteiger partial charge in [0.05, 0.1) is 18.1 Å². The smallest absolute Gasteiger partial charge is 0.253 e. The Morgan fingerprint density at radius 2 is 1.93 bits per heavy atom. The molecule has 1 heterocycles. The molecule has 1 aliphatic rings. The molecule has 29 heavy (non-hydrogen) atoms. The van der Waals surface area contributed by atoms with Crippen LogP contribution in [0, 0.1) is 0 Å². The lowest BCUT2D eigenvalue weighted by Gasteiger charge is -2.19. The topological polar surface area (TPSA) is 84.9 Å². The van der Waals surface area contributed by atoms with Crippen LogP contribution in [0.4, 0.5) is 0 Å². The van der Waals surface area contributed by atoms with Crippen LogP contribution < -0.4 is 9.46 Å². The van der Waals surface area contributed by atoms with E-state index in [4.69, 9.17) is 9.47 Å². The van der Waals surface area contributed by atoms with Crippen LogP contribution in [0.25, 0.3) is 0 Å². The third-order valence-electron chi connectivity index (χ3n) is 4.88. The molecule has 8 heteroatoms. The monoisotopic (exact) mass is 418 g/mol. The van der Waals surface area contributed by atoms with E-state index in [-0.39, 0.29) is 23.5 Å². The van der Waals surface area contributed by atoms with Crippen LogP contribution in [0.15, 0.2) is 53.4 Å². The van der Waals surface area contributed by atoms with Crippen LogP contribution in [-0.2, 0) is 21.3 Å². The zero-order valence-electron chi connectivity index (χ0n) is 16.6. The Bertz CT molecular complexity index is 938. The van der Waals surface area contributed by atoms with Gasteiger partial charge in [-0.2, -0.15) is 0 Å². The van der Waals surface area contributed by atoms with Crippen molar-refractivity contribution in [1.29, 1.82) is 0 Å². The fourth-order valence-electron chi connectivity index (χ4n) is 3.25. The van der Waals surface area contributed by atoms with Gasteiger partial charge in [0.2, 0.25) is 10.0 Å². The summed E-state index contributed by atoms with van der Waals surface area (Å²) >= 11 is 0. The Hall–Kier alpha value is -2.42. The maximum Gasteiger partial charge on any atom is 0.253 e. The lowest BCUT2D eigenvalue weighted by molar-refractivity contribution is 0.0784. The van der Waals surface area contributed by atoms with Crippen LogP contribution in [0.5, 0.6) is 5.75 Å². The molecule has 0 bridgehead atoms. The SMILES string of the molecule is COc1ccccc1CN(C)C(=O)c1ccc(S(=O)(=O)NCC2CCCO2)cc1. The standard InChI is InChI=1S/C21H26N2O5S/c1-23(15-17-6-3-4-8-20(17)27-2)21(24)16-9-11-19(12-10-16)29(25,26)22-14-18-7-5-13-28-18/h3-4,6,8-12,18,22H,5,7,13-15H2,1-2H3. The molecular formula is C21H26N2O5S. The summed E-state index contributed by atoms with van der Waals surface area (Å²) in [6.45, 7) is 1.31. The number of hydrogen-bond acceptors (Lipinski definition) is 5. The normalized spacial score (nSPS) is 16.6. The third kappa shape index (κ3) is 5.35. The lowest BCUT2D eigenvalue weighted by atomic mass is 10.1. The van der Waals surface area contributed by atoms with Gasteiger partial charge in [-0.15, -0.1) is 0 Å². The third-order valence-corrected chi connectivity index (χ3v) is 6.32. The number of hydrogen-bond donors (Lipinski definition) is 1. The van der Waals surface area contributed by atoms with Crippen LogP contribution in [0.2, 0.25) is 0 Å². The summed E-state index contributed by atoms with van der Waals surface area (Å²) in [5, 5.41) is 0. The summed E-state index contributed by atoms with van der Waals surface area (Å²) in [6.07, 6.45) is 1.73. The van der Waals surface area contributed by atoms with Crippen molar-refractivity contribution in [3.63, 3.8) is 0 Å². The molecule has 1 unspecified atom stereocenters. The molecule has 1 fully saturated rings. The Morgan fingerprint density at radius 1 is 1.21 bits per heavy atom. The second-order valence-electron chi connectivity index (χ2n) is 6.98. The van der Waals surface area contributed by atoms with Crippen molar-refractivity contribution in [2.24, 2.45) is 0 Å². The van der Waals surface area contributed by atoms with Crippen LogP contribution in [-0.4, -0.2) is 52.6 Å². The lowest BCUT2D eigenvalue weighted by Crippen LogP contribution is -2.32. The highest BCUT2D eigenvalue weighted by molar-refractivity contribution is 7.89. The number of amides is 1. The van der Waals surface area contributed by atoms with Gasteiger partial charge in [-0.1, -0.05) is 18.2 Å². The minimum atomic E-state index is -3.64. The number of nitrogens with zero attached hydrogens (tertiary/aromatic N) is 1. The number of methoxy groups -OCH3 is 1. The number of para-hydroxylation sites is 1. The summed E-state index contributed by atoms with van der Waals surface area (Å²) in [5.41, 5.74) is 1.31. The van der Waals surface area contributed by atoms with Crippen LogP contribution in [0.3, 0.4) is 0 Å². The number of sulfonamides is 1. The van der Waals surface area contributed by atoms with Crippen molar-refractivity contribution in [3.05, 3.63) is 59.7 Å². The Kier molecular flexibility index (Phi) is 6.89. The van der Waals surface area contributed by atoms with E-state index < -0.39 is 10.0 Å². The molecule has 1 N–H and O–H groups in total. The summed E-state index contributed by atoms with van der Waals surface area (Å²) < 4.78 is 38.2. The summed E-state index contributed by atoms with van der Waals surface area (Å²) in [7, 11) is -0.352. The Morgan fingerprint density at radius 3 is 2.59 bits per heavy atom. The van der Waals surface area contributed by atoms with E-state index in [0.29, 0.717) is 24.5 Å². The molecule has 1 atom stereocenters. The minimum Gasteiger partial charge on any atom is -0.496 e. The molecule has 0 saturated carbocycles. The molecule has 156 valence electrons. The molecule has 7 nitrogen and oxygen atoms in total. The van der Waals surface area contributed by atoms with Gasteiger partial charge >= 0.3 is 0 Å². The van der Waals surface area contributed by atoms with Crippen molar-refractivity contribution >= 4 is 15.9 Å². The summed E-state index contributed by atoms with van der Waals surface area (Å²) in [6, 6.07) is 13.5. The van der Waals surface area contributed by atoms with Gasteiger partial charge in [0, 0.05) is 37.9 Å². The fourth-order valence-corrected chi connectivity index (χ4v) is 4.32. The summed E-state index contributed by atoms with van der Waals surface area (Å²) in [5.74, 6) is 0.512. The quantitative estimate of drug-likeness (QED) is 0.712. The van der Waals surface area contributed by atoms with E-state index in [2.05, 4.69) is 4.72 Å². The van der Waals surface area contributed by atoms with Crippen molar-refractivity contribution in [2.75, 3.05) is 27.3 Å². The zero-order valence-corrected chi connectivity index (χ0v) is 17.4. The van der Waals surface area contributed by atoms with Crippen LogP contribution in [0.1, 0.15) is 28.8 Å². The molecule has 0 radical (unpaired) electrons. The number of carbonyl (C=O) groups excluding carboxylic acids is 1. The molecule has 1 aliphatic heterocycles. The predicted octanol–water partition coefficient (Wildman–Crippen LogP) is 2.42. The van der Waals surface area contributed by atoms with E-state index in [1.54, 1.807) is 19.1 Å². The van der Waals surface area contributed by atoms with Gasteiger partial charge in [0.15, 0.2) is 0 Å². The highest BCUT2D eigenvalue weighted by Crippen LogP contribution is 2.20. The van der Waals surface area contributed by atoms with Crippen molar-refractivity contribution in [3.8, 4) is 5.75 Å². The van der Waals surface area contributed by atoms with E-state index >= 15 is 0 Å². The van der Waals surface area contributed by atoms with Gasteiger partial charge < -0.3 is 14.4 Å². The molecule has 0 spiro atoms. The number of carbonyl (C=O) groups is 1.